The molecule has 0 radical (unpaired) electrons. The molecule has 2 aliphatic rings. The topological polar surface area (TPSA) is 145 Å². The smallest absolute Gasteiger partial charge is 0.269 e. The Bertz CT molecular complexity index is 1430. The van der Waals surface area contributed by atoms with Crippen LogP contribution in [0.4, 0.5) is 17.1 Å². The lowest BCUT2D eigenvalue weighted by molar-refractivity contribution is -0.384. The first-order valence-electron chi connectivity index (χ1n) is 12.3. The average Bonchev–Trinajstić information content (AvgIpc) is 3.20. The summed E-state index contributed by atoms with van der Waals surface area (Å²) in [4.78, 5) is 38.9. The SMILES string of the molecule is CCOc1cc(C(O)C2C=CC3C(=O)N(c4ccccc4)C(=O)C3N2Nc2ccc([N+](=O)[O-])cc2)ccc1O. The van der Waals surface area contributed by atoms with E-state index in [2.05, 4.69) is 5.43 Å². The van der Waals surface area contributed by atoms with E-state index in [9.17, 15) is 29.9 Å². The van der Waals surface area contributed by atoms with Crippen molar-refractivity contribution in [3.8, 4) is 11.5 Å². The molecule has 0 saturated carbocycles. The summed E-state index contributed by atoms with van der Waals surface area (Å²) >= 11 is 0. The molecular weight excluding hydrogens is 504 g/mol. The van der Waals surface area contributed by atoms with Gasteiger partial charge in [-0.05, 0) is 48.9 Å². The number of nitro benzene ring substituents is 1. The molecule has 0 aliphatic carbocycles. The van der Waals surface area contributed by atoms with E-state index in [1.165, 1.54) is 41.4 Å². The molecule has 3 N–H and O–H groups in total. The number of ether oxygens (including phenoxy) is 1. The molecule has 3 aromatic rings. The van der Waals surface area contributed by atoms with Crippen LogP contribution in [0.5, 0.6) is 11.5 Å². The van der Waals surface area contributed by atoms with Gasteiger partial charge in [0.05, 0.1) is 29.2 Å². The van der Waals surface area contributed by atoms with Crippen LogP contribution < -0.4 is 15.1 Å². The van der Waals surface area contributed by atoms with Crippen molar-refractivity contribution in [2.75, 3.05) is 16.9 Å². The van der Waals surface area contributed by atoms with Gasteiger partial charge in [-0.15, -0.1) is 0 Å². The number of phenolic OH excluding ortho intramolecular Hbond substituents is 1. The molecule has 4 atom stereocenters. The lowest BCUT2D eigenvalue weighted by Crippen LogP contribution is -2.55. The second-order valence-electron chi connectivity index (χ2n) is 9.12. The van der Waals surface area contributed by atoms with Crippen molar-refractivity contribution in [1.29, 1.82) is 0 Å². The number of fused-ring (bicyclic) bond motifs is 1. The number of nitrogens with zero attached hydrogens (tertiary/aromatic N) is 3. The third kappa shape index (κ3) is 4.80. The molecular formula is C28H26N4O7. The molecule has 0 spiro atoms. The number of aliphatic hydroxyl groups is 1. The fraction of sp³-hybridized carbons (Fsp3) is 0.214. The first kappa shape index (κ1) is 25.9. The maximum Gasteiger partial charge on any atom is 0.269 e. The van der Waals surface area contributed by atoms with Crippen molar-refractivity contribution >= 4 is 28.9 Å². The van der Waals surface area contributed by atoms with Gasteiger partial charge < -0.3 is 20.4 Å². The van der Waals surface area contributed by atoms with Crippen LogP contribution in [-0.2, 0) is 9.59 Å². The largest absolute Gasteiger partial charge is 0.504 e. The number of amides is 2. The maximum atomic E-state index is 13.7. The zero-order valence-corrected chi connectivity index (χ0v) is 20.9. The number of carbonyl (C=O) groups is 2. The van der Waals surface area contributed by atoms with Gasteiger partial charge in [0.25, 0.3) is 11.6 Å². The van der Waals surface area contributed by atoms with E-state index < -0.39 is 40.8 Å². The molecule has 1 saturated heterocycles. The number of phenols is 1. The molecule has 2 aliphatic heterocycles. The van der Waals surface area contributed by atoms with Gasteiger partial charge in [-0.2, -0.15) is 0 Å². The maximum absolute atomic E-state index is 13.7. The van der Waals surface area contributed by atoms with Crippen LogP contribution in [0.2, 0.25) is 0 Å². The Morgan fingerprint density at radius 2 is 1.74 bits per heavy atom. The molecule has 3 aromatic carbocycles. The van der Waals surface area contributed by atoms with Gasteiger partial charge in [0.2, 0.25) is 5.91 Å². The molecule has 0 bridgehead atoms. The number of hydrogen-bond donors (Lipinski definition) is 3. The molecule has 200 valence electrons. The quantitative estimate of drug-likeness (QED) is 0.172. The Hall–Kier alpha value is -4.74. The van der Waals surface area contributed by atoms with Crippen molar-refractivity contribution in [3.63, 3.8) is 0 Å². The van der Waals surface area contributed by atoms with Gasteiger partial charge in [-0.25, -0.2) is 9.91 Å². The Balaban J connectivity index is 1.54. The molecule has 11 heteroatoms. The zero-order valence-electron chi connectivity index (χ0n) is 20.9. The number of benzene rings is 3. The van der Waals surface area contributed by atoms with Crippen molar-refractivity contribution in [1.82, 2.24) is 5.01 Å². The van der Waals surface area contributed by atoms with Crippen molar-refractivity contribution in [2.24, 2.45) is 5.92 Å². The Kier molecular flexibility index (Phi) is 7.01. The van der Waals surface area contributed by atoms with E-state index in [1.807, 2.05) is 0 Å². The highest BCUT2D eigenvalue weighted by Crippen LogP contribution is 2.39. The molecule has 11 nitrogen and oxygen atoms in total. The van der Waals surface area contributed by atoms with E-state index in [4.69, 9.17) is 4.74 Å². The molecule has 5 rings (SSSR count). The summed E-state index contributed by atoms with van der Waals surface area (Å²) in [7, 11) is 0. The highest BCUT2D eigenvalue weighted by molar-refractivity contribution is 6.24. The summed E-state index contributed by atoms with van der Waals surface area (Å²) < 4.78 is 5.46. The lowest BCUT2D eigenvalue weighted by atomic mass is 9.90. The monoisotopic (exact) mass is 530 g/mol. The van der Waals surface area contributed by atoms with Gasteiger partial charge in [0.1, 0.15) is 12.1 Å². The van der Waals surface area contributed by atoms with Crippen LogP contribution in [0.1, 0.15) is 18.6 Å². The van der Waals surface area contributed by atoms with Crippen molar-refractivity contribution in [3.05, 3.63) is 101 Å². The number of nitro groups is 1. The highest BCUT2D eigenvalue weighted by Gasteiger charge is 2.54. The van der Waals surface area contributed by atoms with Gasteiger partial charge in [0, 0.05) is 17.8 Å². The normalized spacial score (nSPS) is 21.5. The minimum Gasteiger partial charge on any atom is -0.504 e. The first-order valence-corrected chi connectivity index (χ1v) is 12.3. The van der Waals surface area contributed by atoms with Crippen LogP contribution >= 0.6 is 0 Å². The summed E-state index contributed by atoms with van der Waals surface area (Å²) in [6.07, 6.45) is 2.07. The minimum atomic E-state index is -1.21. The number of anilines is 2. The number of para-hydroxylation sites is 1. The van der Waals surface area contributed by atoms with E-state index in [0.717, 1.165) is 4.90 Å². The van der Waals surface area contributed by atoms with Crippen molar-refractivity contribution in [2.45, 2.75) is 25.1 Å². The third-order valence-electron chi connectivity index (χ3n) is 6.76. The standard InChI is InChI=1S/C28H26N4O7/c1-2-39-24-16-17(8-15-23(24)33)26(34)22-14-13-21-25(28(36)30(27(21)35)19-6-4-3-5-7-19)31(22)29-18-9-11-20(12-10-18)32(37)38/h3-16,21-22,25-26,29,33-34H,2H2,1H3. The third-order valence-corrected chi connectivity index (χ3v) is 6.76. The predicted octanol–water partition coefficient (Wildman–Crippen LogP) is 3.56. The number of hydrogen-bond acceptors (Lipinski definition) is 9. The highest BCUT2D eigenvalue weighted by atomic mass is 16.6. The van der Waals surface area contributed by atoms with Crippen molar-refractivity contribution < 1.29 is 29.5 Å². The second-order valence-corrected chi connectivity index (χ2v) is 9.12. The van der Waals surface area contributed by atoms with Crippen LogP contribution in [0.15, 0.2) is 84.9 Å². The molecule has 1 fully saturated rings. The van der Waals surface area contributed by atoms with E-state index in [0.29, 0.717) is 23.5 Å². The molecule has 0 aromatic heterocycles. The Labute approximate surface area is 223 Å². The zero-order chi connectivity index (χ0) is 27.7. The number of carbonyl (C=O) groups excluding carboxylic acids is 2. The summed E-state index contributed by atoms with van der Waals surface area (Å²) in [6.45, 7) is 2.07. The number of imide groups is 1. The van der Waals surface area contributed by atoms with Gasteiger partial charge in [0.15, 0.2) is 11.5 Å². The van der Waals surface area contributed by atoms with Crippen LogP contribution in [0.25, 0.3) is 0 Å². The summed E-state index contributed by atoms with van der Waals surface area (Å²) in [5, 5.41) is 34.2. The average molecular weight is 531 g/mol. The van der Waals surface area contributed by atoms with Gasteiger partial charge in [-0.3, -0.25) is 19.7 Å². The number of non-ortho nitro benzene ring substituents is 1. The van der Waals surface area contributed by atoms with Crippen LogP contribution in [-0.4, -0.2) is 50.7 Å². The van der Waals surface area contributed by atoms with Crippen LogP contribution in [0.3, 0.4) is 0 Å². The number of rotatable bonds is 8. The molecule has 4 unspecified atom stereocenters. The fourth-order valence-corrected chi connectivity index (χ4v) is 4.89. The Morgan fingerprint density at radius 1 is 1.03 bits per heavy atom. The van der Waals surface area contributed by atoms with E-state index >= 15 is 0 Å². The molecule has 2 amide bonds. The van der Waals surface area contributed by atoms with Crippen LogP contribution in [0, 0.1) is 16.0 Å². The predicted molar refractivity (Wildman–Crippen MR) is 142 cm³/mol. The molecule has 39 heavy (non-hydrogen) atoms. The molecule has 2 heterocycles. The van der Waals surface area contributed by atoms with E-state index in [-0.39, 0.29) is 17.2 Å². The number of hydrazine groups is 1. The summed E-state index contributed by atoms with van der Waals surface area (Å²) in [5.41, 5.74) is 4.27. The summed E-state index contributed by atoms with van der Waals surface area (Å²) in [5.74, 6) is -1.59. The minimum absolute atomic E-state index is 0.0806. The van der Waals surface area contributed by atoms with E-state index in [1.54, 1.807) is 55.5 Å². The Morgan fingerprint density at radius 3 is 2.41 bits per heavy atom. The van der Waals surface area contributed by atoms with Gasteiger partial charge >= 0.3 is 0 Å². The second kappa shape index (κ2) is 10.6. The first-order chi connectivity index (χ1) is 18.8. The number of aromatic hydroxyl groups is 1. The number of nitrogens with one attached hydrogen (secondary N) is 1. The number of aliphatic hydroxyl groups excluding tert-OH is 1. The van der Waals surface area contributed by atoms with Gasteiger partial charge in [-0.1, -0.05) is 36.4 Å². The summed E-state index contributed by atoms with van der Waals surface area (Å²) in [6, 6.07) is 16.8. The fourth-order valence-electron chi connectivity index (χ4n) is 4.89. The lowest BCUT2D eigenvalue weighted by Gasteiger charge is -2.40.